The molecule has 0 spiro atoms. The van der Waals surface area contributed by atoms with E-state index in [1.165, 1.54) is 49.7 Å². The van der Waals surface area contributed by atoms with Crippen molar-refractivity contribution in [2.75, 3.05) is 5.32 Å². The molecule has 2 heteroatoms. The third kappa shape index (κ3) is 4.88. The summed E-state index contributed by atoms with van der Waals surface area (Å²) in [4.78, 5) is 0. The molecule has 1 aromatic heterocycles. The maximum absolute atomic E-state index is 3.53. The van der Waals surface area contributed by atoms with Gasteiger partial charge in [0.2, 0.25) is 0 Å². The average Bonchev–Trinajstić information content (AvgIpc) is 3.37. The van der Waals surface area contributed by atoms with Crippen molar-refractivity contribution >= 4 is 33.2 Å². The molecule has 0 bridgehead atoms. The molecular formula is C38H32N2. The van der Waals surface area contributed by atoms with Gasteiger partial charge in [-0.25, -0.2) is 0 Å². The van der Waals surface area contributed by atoms with Crippen molar-refractivity contribution in [1.29, 1.82) is 0 Å². The minimum absolute atomic E-state index is 1.07. The lowest BCUT2D eigenvalue weighted by molar-refractivity contribution is 1.18. The third-order valence-electron chi connectivity index (χ3n) is 7.19. The highest BCUT2D eigenvalue weighted by atomic mass is 15.0. The van der Waals surface area contributed by atoms with Crippen LogP contribution in [0.25, 0.3) is 49.7 Å². The van der Waals surface area contributed by atoms with Crippen LogP contribution in [-0.2, 0) is 0 Å². The quantitative estimate of drug-likeness (QED) is 0.241. The minimum atomic E-state index is 1.07. The predicted molar refractivity (Wildman–Crippen MR) is 173 cm³/mol. The molecule has 0 amide bonds. The number of hydrogen-bond donors (Lipinski definition) is 1. The van der Waals surface area contributed by atoms with Gasteiger partial charge in [0.05, 0.1) is 11.0 Å². The van der Waals surface area contributed by atoms with Gasteiger partial charge in [0, 0.05) is 27.8 Å². The van der Waals surface area contributed by atoms with Crippen LogP contribution in [0.5, 0.6) is 0 Å². The van der Waals surface area contributed by atoms with Crippen molar-refractivity contribution in [1.82, 2.24) is 4.57 Å². The number of fused-ring (bicyclic) bond motifs is 3. The van der Waals surface area contributed by atoms with Gasteiger partial charge in [0.15, 0.2) is 0 Å². The van der Waals surface area contributed by atoms with E-state index in [-0.39, 0.29) is 0 Å². The summed E-state index contributed by atoms with van der Waals surface area (Å²) < 4.78 is 2.35. The fraction of sp³-hybridized carbons (Fsp3) is 0.0526. The summed E-state index contributed by atoms with van der Waals surface area (Å²) in [7, 11) is 0. The summed E-state index contributed by atoms with van der Waals surface area (Å²) in [6.45, 7) is 4.00. The largest absolute Gasteiger partial charge is 0.356 e. The molecule has 0 radical (unpaired) electrons. The van der Waals surface area contributed by atoms with Crippen LogP contribution < -0.4 is 5.32 Å². The Labute approximate surface area is 236 Å². The molecule has 1 heterocycles. The highest BCUT2D eigenvalue weighted by Crippen LogP contribution is 2.35. The van der Waals surface area contributed by atoms with E-state index in [0.29, 0.717) is 0 Å². The summed E-state index contributed by atoms with van der Waals surface area (Å²) in [5.41, 5.74) is 10.6. The maximum Gasteiger partial charge on any atom is 0.0541 e. The number of anilines is 2. The highest BCUT2D eigenvalue weighted by molar-refractivity contribution is 6.10. The molecule has 0 fully saturated rings. The van der Waals surface area contributed by atoms with E-state index in [9.17, 15) is 0 Å². The number of benzene rings is 6. The topological polar surface area (TPSA) is 17.0 Å². The Morgan fingerprint density at radius 1 is 0.400 bits per heavy atom. The number of para-hydroxylation sites is 2. The second-order valence-corrected chi connectivity index (χ2v) is 9.57. The van der Waals surface area contributed by atoms with Gasteiger partial charge in [-0.05, 0) is 76.9 Å². The standard InChI is InChI=1S/C36H26N2.C2H6/c1-3-9-26(10-4-1)27-15-20-30(21-16-27)37-31-22-17-28(18-23-31)29-19-24-36-34(25-29)33-13-7-8-14-35(33)38(36)32-11-5-2-6-12-32;1-2/h1-25,37H;1-2H3. The lowest BCUT2D eigenvalue weighted by Crippen LogP contribution is -1.93. The van der Waals surface area contributed by atoms with Crippen LogP contribution in [-0.4, -0.2) is 4.57 Å². The fourth-order valence-corrected chi connectivity index (χ4v) is 5.30. The third-order valence-corrected chi connectivity index (χ3v) is 7.19. The zero-order valence-electron chi connectivity index (χ0n) is 22.9. The monoisotopic (exact) mass is 516 g/mol. The van der Waals surface area contributed by atoms with E-state index in [1.807, 2.05) is 19.9 Å². The van der Waals surface area contributed by atoms with Crippen LogP contribution in [0, 0.1) is 0 Å². The zero-order chi connectivity index (χ0) is 27.3. The van der Waals surface area contributed by atoms with Gasteiger partial charge >= 0.3 is 0 Å². The lowest BCUT2D eigenvalue weighted by Gasteiger charge is -2.10. The van der Waals surface area contributed by atoms with Gasteiger partial charge in [0.1, 0.15) is 0 Å². The number of hydrogen-bond acceptors (Lipinski definition) is 1. The van der Waals surface area contributed by atoms with Gasteiger partial charge in [-0.15, -0.1) is 0 Å². The number of nitrogens with one attached hydrogen (secondary N) is 1. The molecule has 0 saturated heterocycles. The van der Waals surface area contributed by atoms with Crippen LogP contribution in [0.1, 0.15) is 13.8 Å². The van der Waals surface area contributed by atoms with E-state index in [1.54, 1.807) is 0 Å². The van der Waals surface area contributed by atoms with Gasteiger partial charge in [0.25, 0.3) is 0 Å². The van der Waals surface area contributed by atoms with Crippen LogP contribution in [0.2, 0.25) is 0 Å². The smallest absolute Gasteiger partial charge is 0.0541 e. The number of rotatable bonds is 5. The lowest BCUT2D eigenvalue weighted by atomic mass is 10.0. The first-order chi connectivity index (χ1) is 19.8. The van der Waals surface area contributed by atoms with Gasteiger partial charge in [-0.3, -0.25) is 0 Å². The second kappa shape index (κ2) is 11.3. The van der Waals surface area contributed by atoms with E-state index in [0.717, 1.165) is 11.4 Å². The Bertz CT molecular complexity index is 1850. The molecule has 194 valence electrons. The Hall–Kier alpha value is -5.08. The summed E-state index contributed by atoms with van der Waals surface area (Å²) in [5, 5.41) is 6.07. The van der Waals surface area contributed by atoms with E-state index in [2.05, 4.69) is 155 Å². The summed E-state index contributed by atoms with van der Waals surface area (Å²) in [6, 6.07) is 53.8. The molecule has 7 aromatic rings. The number of nitrogens with zero attached hydrogens (tertiary/aromatic N) is 1. The Morgan fingerprint density at radius 3 is 1.52 bits per heavy atom. The molecular weight excluding hydrogens is 484 g/mol. The fourth-order valence-electron chi connectivity index (χ4n) is 5.30. The molecule has 0 unspecified atom stereocenters. The Morgan fingerprint density at radius 2 is 0.875 bits per heavy atom. The van der Waals surface area contributed by atoms with Crippen molar-refractivity contribution in [2.45, 2.75) is 13.8 Å². The van der Waals surface area contributed by atoms with Crippen LogP contribution >= 0.6 is 0 Å². The van der Waals surface area contributed by atoms with Crippen molar-refractivity contribution < 1.29 is 0 Å². The number of aromatic nitrogens is 1. The normalized spacial score (nSPS) is 10.8. The first kappa shape index (κ1) is 25.2. The molecule has 0 aliphatic heterocycles. The van der Waals surface area contributed by atoms with Crippen molar-refractivity contribution in [3.8, 4) is 27.9 Å². The van der Waals surface area contributed by atoms with E-state index in [4.69, 9.17) is 0 Å². The zero-order valence-corrected chi connectivity index (χ0v) is 22.9. The molecule has 40 heavy (non-hydrogen) atoms. The molecule has 1 N–H and O–H groups in total. The minimum Gasteiger partial charge on any atom is -0.356 e. The summed E-state index contributed by atoms with van der Waals surface area (Å²) in [5.74, 6) is 0. The van der Waals surface area contributed by atoms with Gasteiger partial charge in [-0.1, -0.05) is 111 Å². The first-order valence-corrected chi connectivity index (χ1v) is 14.0. The summed E-state index contributed by atoms with van der Waals surface area (Å²) in [6.07, 6.45) is 0. The van der Waals surface area contributed by atoms with Crippen molar-refractivity contribution in [3.63, 3.8) is 0 Å². The molecule has 2 nitrogen and oxygen atoms in total. The van der Waals surface area contributed by atoms with Crippen molar-refractivity contribution in [3.05, 3.63) is 152 Å². The van der Waals surface area contributed by atoms with E-state index >= 15 is 0 Å². The maximum atomic E-state index is 3.53. The average molecular weight is 517 g/mol. The molecule has 7 rings (SSSR count). The highest BCUT2D eigenvalue weighted by Gasteiger charge is 2.12. The molecule has 0 atom stereocenters. The first-order valence-electron chi connectivity index (χ1n) is 14.0. The molecule has 0 saturated carbocycles. The van der Waals surface area contributed by atoms with Crippen LogP contribution in [0.3, 0.4) is 0 Å². The molecule has 0 aliphatic carbocycles. The van der Waals surface area contributed by atoms with Crippen molar-refractivity contribution in [2.24, 2.45) is 0 Å². The SMILES string of the molecule is CC.c1ccc(-c2ccc(Nc3ccc(-c4ccc5c(c4)c4ccccc4n5-c4ccccc4)cc3)cc2)cc1. The second-order valence-electron chi connectivity index (χ2n) is 9.57. The van der Waals surface area contributed by atoms with Crippen LogP contribution in [0.15, 0.2) is 152 Å². The molecule has 6 aromatic carbocycles. The predicted octanol–water partition coefficient (Wildman–Crippen LogP) is 10.9. The van der Waals surface area contributed by atoms with Gasteiger partial charge < -0.3 is 9.88 Å². The van der Waals surface area contributed by atoms with E-state index < -0.39 is 0 Å². The molecule has 0 aliphatic rings. The Kier molecular flexibility index (Phi) is 7.15. The van der Waals surface area contributed by atoms with Gasteiger partial charge in [-0.2, -0.15) is 0 Å². The Balaban J connectivity index is 0.00000142. The van der Waals surface area contributed by atoms with Crippen LogP contribution in [0.4, 0.5) is 11.4 Å². The summed E-state index contributed by atoms with van der Waals surface area (Å²) >= 11 is 0.